The van der Waals surface area contributed by atoms with Crippen molar-refractivity contribution in [1.82, 2.24) is 10.2 Å². The van der Waals surface area contributed by atoms with Crippen molar-refractivity contribution in [1.29, 1.82) is 0 Å². The van der Waals surface area contributed by atoms with Crippen LogP contribution in [0.1, 0.15) is 43.4 Å². The second-order valence-corrected chi connectivity index (χ2v) is 11.3. The molecule has 2 aromatic rings. The van der Waals surface area contributed by atoms with Crippen molar-refractivity contribution in [3.63, 3.8) is 0 Å². The highest BCUT2D eigenvalue weighted by atomic mass is 35.5. The summed E-state index contributed by atoms with van der Waals surface area (Å²) in [5.74, 6) is -0.850. The van der Waals surface area contributed by atoms with Crippen LogP contribution in [0.4, 0.5) is 5.69 Å². The van der Waals surface area contributed by atoms with Gasteiger partial charge in [-0.3, -0.25) is 13.9 Å². The number of amides is 2. The van der Waals surface area contributed by atoms with Gasteiger partial charge in [-0.2, -0.15) is 0 Å². The lowest BCUT2D eigenvalue weighted by Crippen LogP contribution is -2.51. The Hall–Kier alpha value is -2.29. The molecule has 0 aliphatic carbocycles. The van der Waals surface area contributed by atoms with Gasteiger partial charge in [-0.05, 0) is 56.0 Å². The number of hydrogen-bond donors (Lipinski definition) is 1. The fourth-order valence-electron chi connectivity index (χ4n) is 3.73. The Bertz CT molecular complexity index is 1150. The molecule has 10 heteroatoms. The third kappa shape index (κ3) is 7.85. The van der Waals surface area contributed by atoms with Crippen LogP contribution in [0.3, 0.4) is 0 Å². The van der Waals surface area contributed by atoms with Gasteiger partial charge < -0.3 is 10.2 Å². The van der Waals surface area contributed by atoms with Gasteiger partial charge in [0, 0.05) is 23.1 Å². The molecule has 35 heavy (non-hydrogen) atoms. The Morgan fingerprint density at radius 1 is 1.09 bits per heavy atom. The van der Waals surface area contributed by atoms with Crippen molar-refractivity contribution in [2.75, 3.05) is 23.7 Å². The molecule has 192 valence electrons. The van der Waals surface area contributed by atoms with Gasteiger partial charge in [-0.25, -0.2) is 8.42 Å². The first-order valence-corrected chi connectivity index (χ1v) is 14.0. The van der Waals surface area contributed by atoms with Crippen LogP contribution in [0, 0.1) is 13.8 Å². The van der Waals surface area contributed by atoms with Crippen molar-refractivity contribution < 1.29 is 18.0 Å². The van der Waals surface area contributed by atoms with Gasteiger partial charge in [0.05, 0.1) is 11.9 Å². The minimum Gasteiger partial charge on any atom is -0.354 e. The number of halogens is 2. The van der Waals surface area contributed by atoms with Crippen molar-refractivity contribution in [3.05, 3.63) is 63.1 Å². The minimum absolute atomic E-state index is 0.0154. The van der Waals surface area contributed by atoms with E-state index in [1.165, 1.54) is 4.90 Å². The summed E-state index contributed by atoms with van der Waals surface area (Å²) in [5.41, 5.74) is 2.49. The summed E-state index contributed by atoms with van der Waals surface area (Å²) < 4.78 is 26.6. The van der Waals surface area contributed by atoms with Crippen LogP contribution >= 0.6 is 23.2 Å². The topological polar surface area (TPSA) is 86.8 Å². The first-order valence-electron chi connectivity index (χ1n) is 11.4. The molecule has 7 nitrogen and oxygen atoms in total. The second-order valence-electron chi connectivity index (χ2n) is 8.59. The summed E-state index contributed by atoms with van der Waals surface area (Å²) in [6, 6.07) is 9.45. The van der Waals surface area contributed by atoms with E-state index in [0.29, 0.717) is 27.8 Å². The first-order chi connectivity index (χ1) is 16.4. The molecule has 0 radical (unpaired) electrons. The number of carbonyl (C=O) groups excluding carboxylic acids is 2. The molecule has 0 fully saturated rings. The van der Waals surface area contributed by atoms with Crippen LogP contribution in [0.2, 0.25) is 10.0 Å². The number of aryl methyl sites for hydroxylation is 2. The summed E-state index contributed by atoms with van der Waals surface area (Å²) in [7, 11) is -3.80. The summed E-state index contributed by atoms with van der Waals surface area (Å²) in [4.78, 5) is 27.8. The number of benzene rings is 2. The van der Waals surface area contributed by atoms with Crippen LogP contribution in [0.25, 0.3) is 0 Å². The first kappa shape index (κ1) is 28.9. The van der Waals surface area contributed by atoms with E-state index in [4.69, 9.17) is 23.2 Å². The highest BCUT2D eigenvalue weighted by Crippen LogP contribution is 2.28. The SMILES string of the molecule is CCCCNC(=O)[C@@H](C)N(Cc1ccc(Cl)cc1Cl)C(=O)CN(c1c(C)cccc1C)S(C)(=O)=O. The Kier molecular flexibility index (Phi) is 10.4. The quantitative estimate of drug-likeness (QED) is 0.417. The molecule has 0 unspecified atom stereocenters. The fourth-order valence-corrected chi connectivity index (χ4v) is 5.16. The molecule has 0 aliphatic rings. The zero-order valence-corrected chi connectivity index (χ0v) is 23.1. The molecule has 0 aliphatic heterocycles. The summed E-state index contributed by atoms with van der Waals surface area (Å²) >= 11 is 12.4. The molecule has 0 saturated heterocycles. The zero-order valence-electron chi connectivity index (χ0n) is 20.8. The van der Waals surface area contributed by atoms with E-state index in [2.05, 4.69) is 5.32 Å². The predicted molar refractivity (Wildman–Crippen MR) is 142 cm³/mol. The van der Waals surface area contributed by atoms with Gasteiger partial charge >= 0.3 is 0 Å². The van der Waals surface area contributed by atoms with E-state index in [1.807, 2.05) is 13.0 Å². The molecule has 1 atom stereocenters. The molecular formula is C25H33Cl2N3O4S. The number of carbonyl (C=O) groups is 2. The van der Waals surface area contributed by atoms with Crippen LogP contribution in [-0.4, -0.2) is 50.5 Å². The Balaban J connectivity index is 2.44. The maximum absolute atomic E-state index is 13.6. The molecule has 0 aromatic heterocycles. The average molecular weight is 543 g/mol. The van der Waals surface area contributed by atoms with Gasteiger partial charge in [-0.15, -0.1) is 0 Å². The van der Waals surface area contributed by atoms with Gasteiger partial charge in [0.15, 0.2) is 0 Å². The number of nitrogens with one attached hydrogen (secondary N) is 1. The highest BCUT2D eigenvalue weighted by molar-refractivity contribution is 7.92. The second kappa shape index (κ2) is 12.6. The lowest BCUT2D eigenvalue weighted by molar-refractivity contribution is -0.139. The van der Waals surface area contributed by atoms with E-state index >= 15 is 0 Å². The van der Waals surface area contributed by atoms with Crippen molar-refractivity contribution in [3.8, 4) is 0 Å². The molecule has 2 amide bonds. The maximum atomic E-state index is 13.6. The molecular weight excluding hydrogens is 509 g/mol. The van der Waals surface area contributed by atoms with Crippen LogP contribution in [-0.2, 0) is 26.2 Å². The number of anilines is 1. The third-order valence-corrected chi connectivity index (χ3v) is 7.42. The molecule has 2 aromatic carbocycles. The smallest absolute Gasteiger partial charge is 0.244 e. The average Bonchev–Trinajstić information content (AvgIpc) is 2.76. The Morgan fingerprint density at radius 2 is 1.71 bits per heavy atom. The molecule has 0 bridgehead atoms. The molecule has 0 saturated carbocycles. The monoisotopic (exact) mass is 541 g/mol. The normalized spacial score (nSPS) is 12.2. The van der Waals surface area contributed by atoms with Gasteiger partial charge in [0.2, 0.25) is 21.8 Å². The third-order valence-electron chi connectivity index (χ3n) is 5.72. The maximum Gasteiger partial charge on any atom is 0.244 e. The van der Waals surface area contributed by atoms with Gasteiger partial charge in [0.25, 0.3) is 0 Å². The Morgan fingerprint density at radius 3 is 2.26 bits per heavy atom. The minimum atomic E-state index is -3.80. The lowest BCUT2D eigenvalue weighted by Gasteiger charge is -2.32. The zero-order chi connectivity index (χ0) is 26.3. The Labute approximate surface area is 218 Å². The lowest BCUT2D eigenvalue weighted by atomic mass is 10.1. The van der Waals surface area contributed by atoms with E-state index in [0.717, 1.165) is 34.5 Å². The fraction of sp³-hybridized carbons (Fsp3) is 0.440. The summed E-state index contributed by atoms with van der Waals surface area (Å²) in [6.07, 6.45) is 2.79. The molecule has 2 rings (SSSR count). The molecule has 0 spiro atoms. The van der Waals surface area contributed by atoms with Crippen LogP contribution in [0.15, 0.2) is 36.4 Å². The number of unbranched alkanes of at least 4 members (excludes halogenated alkanes) is 1. The predicted octanol–water partition coefficient (Wildman–Crippen LogP) is 4.71. The highest BCUT2D eigenvalue weighted by Gasteiger charge is 2.31. The number of para-hydroxylation sites is 1. The van der Waals surface area contributed by atoms with E-state index in [-0.39, 0.29) is 12.5 Å². The largest absolute Gasteiger partial charge is 0.354 e. The number of sulfonamides is 1. The molecule has 0 heterocycles. The van der Waals surface area contributed by atoms with E-state index < -0.39 is 28.5 Å². The number of rotatable bonds is 11. The van der Waals surface area contributed by atoms with E-state index in [9.17, 15) is 18.0 Å². The van der Waals surface area contributed by atoms with Crippen LogP contribution in [0.5, 0.6) is 0 Å². The van der Waals surface area contributed by atoms with E-state index in [1.54, 1.807) is 51.1 Å². The van der Waals surface area contributed by atoms with Crippen molar-refractivity contribution in [2.24, 2.45) is 0 Å². The van der Waals surface area contributed by atoms with Crippen molar-refractivity contribution in [2.45, 2.75) is 53.1 Å². The van der Waals surface area contributed by atoms with Gasteiger partial charge in [-0.1, -0.05) is 60.8 Å². The number of hydrogen-bond acceptors (Lipinski definition) is 4. The van der Waals surface area contributed by atoms with Gasteiger partial charge in [0.1, 0.15) is 12.6 Å². The van der Waals surface area contributed by atoms with Crippen molar-refractivity contribution >= 4 is 50.7 Å². The number of nitrogens with zero attached hydrogens (tertiary/aromatic N) is 2. The van der Waals surface area contributed by atoms with Crippen LogP contribution < -0.4 is 9.62 Å². The standard InChI is InChI=1S/C25H33Cl2N3O4S/c1-6-7-13-28-25(32)19(4)29(15-20-11-12-21(26)14-22(20)27)23(31)16-30(35(5,33)34)24-17(2)9-8-10-18(24)3/h8-12,14,19H,6-7,13,15-16H2,1-5H3,(H,28,32)/t19-/m1/s1. The summed E-state index contributed by atoms with van der Waals surface area (Å²) in [6.45, 7) is 7.26. The summed E-state index contributed by atoms with van der Waals surface area (Å²) in [5, 5.41) is 3.64. The molecule has 1 N–H and O–H groups in total.